The van der Waals surface area contributed by atoms with Gasteiger partial charge in [-0.1, -0.05) is 0 Å². The summed E-state index contributed by atoms with van der Waals surface area (Å²) in [6.07, 6.45) is 0. The van der Waals surface area contributed by atoms with Crippen LogP contribution in [0.4, 0.5) is 5.82 Å². The lowest BCUT2D eigenvalue weighted by Gasteiger charge is -2.03. The molecule has 0 unspecified atom stereocenters. The van der Waals surface area contributed by atoms with Gasteiger partial charge in [-0.15, -0.1) is 0 Å². The highest BCUT2D eigenvalue weighted by Crippen LogP contribution is 2.05. The summed E-state index contributed by atoms with van der Waals surface area (Å²) in [5.41, 5.74) is 3.48. The van der Waals surface area contributed by atoms with Crippen LogP contribution in [0.25, 0.3) is 0 Å². The monoisotopic (exact) mass is 182 g/mol. The third-order valence-corrected chi connectivity index (χ3v) is 1.72. The molecule has 1 rings (SSSR count). The van der Waals surface area contributed by atoms with Gasteiger partial charge in [0.1, 0.15) is 0 Å². The number of aromatic nitrogens is 2. The number of aliphatic imine (C=N–C) groups is 1. The van der Waals surface area contributed by atoms with Gasteiger partial charge in [0, 0.05) is 25.9 Å². The Bertz CT molecular complexity index is 293. The Morgan fingerprint density at radius 2 is 2.38 bits per heavy atom. The fraction of sp³-hybridized carbons (Fsp3) is 0.429. The minimum absolute atomic E-state index is 0.484. The Hall–Kier alpha value is -1.56. The van der Waals surface area contributed by atoms with Gasteiger partial charge in [0.15, 0.2) is 5.82 Å². The molecule has 0 amide bonds. The molecule has 0 fully saturated rings. The van der Waals surface area contributed by atoms with Crippen molar-refractivity contribution in [3.63, 3.8) is 0 Å². The van der Waals surface area contributed by atoms with Crippen molar-refractivity contribution >= 4 is 11.8 Å². The zero-order valence-electron chi connectivity index (χ0n) is 8.00. The minimum Gasteiger partial charge on any atom is -0.308 e. The average Bonchev–Trinajstić information content (AvgIpc) is 2.42. The van der Waals surface area contributed by atoms with Crippen molar-refractivity contribution in [1.29, 1.82) is 0 Å². The van der Waals surface area contributed by atoms with E-state index in [0.717, 1.165) is 11.5 Å². The fourth-order valence-electron chi connectivity index (χ4n) is 0.900. The summed E-state index contributed by atoms with van der Waals surface area (Å²) in [5, 5.41) is 7.10. The van der Waals surface area contributed by atoms with E-state index in [1.807, 2.05) is 20.0 Å². The number of guanidine groups is 1. The van der Waals surface area contributed by atoms with Crippen molar-refractivity contribution in [2.45, 2.75) is 6.92 Å². The van der Waals surface area contributed by atoms with Crippen LogP contribution < -0.4 is 16.6 Å². The lowest BCUT2D eigenvalue weighted by molar-refractivity contribution is 0.743. The van der Waals surface area contributed by atoms with Gasteiger partial charge in [0.05, 0.1) is 0 Å². The van der Waals surface area contributed by atoms with E-state index in [0.29, 0.717) is 5.96 Å². The molecule has 6 heteroatoms. The predicted molar refractivity (Wildman–Crippen MR) is 52.2 cm³/mol. The molecule has 0 bridgehead atoms. The minimum atomic E-state index is 0.484. The van der Waals surface area contributed by atoms with Crippen LogP contribution in [0.2, 0.25) is 0 Å². The van der Waals surface area contributed by atoms with E-state index >= 15 is 0 Å². The Labute approximate surface area is 76.8 Å². The Balaban J connectivity index is 2.74. The molecule has 0 aliphatic rings. The summed E-state index contributed by atoms with van der Waals surface area (Å²) in [6.45, 7) is 1.97. The number of hydrazine groups is 1. The van der Waals surface area contributed by atoms with Gasteiger partial charge in [-0.05, 0) is 6.92 Å². The highest BCUT2D eigenvalue weighted by Gasteiger charge is 2.01. The smallest absolute Gasteiger partial charge is 0.211 e. The van der Waals surface area contributed by atoms with Crippen molar-refractivity contribution in [3.05, 3.63) is 11.8 Å². The number of hydrogen-bond acceptors (Lipinski definition) is 3. The van der Waals surface area contributed by atoms with E-state index in [-0.39, 0.29) is 0 Å². The molecule has 4 N–H and O–H groups in total. The second kappa shape index (κ2) is 3.90. The fourth-order valence-corrected chi connectivity index (χ4v) is 0.900. The van der Waals surface area contributed by atoms with Crippen LogP contribution in [0.3, 0.4) is 0 Å². The predicted octanol–water partition coefficient (Wildman–Crippen LogP) is -0.410. The standard InChI is InChI=1S/C7H14N6/c1-5-4-6(12-13(5)3)10-7(9-2)11-8/h4H,8H2,1-3H3,(H2,9,10,11,12). The van der Waals surface area contributed by atoms with Crippen molar-refractivity contribution in [3.8, 4) is 0 Å². The third kappa shape index (κ3) is 2.19. The lowest BCUT2D eigenvalue weighted by Crippen LogP contribution is -2.36. The molecule has 0 aliphatic carbocycles. The maximum Gasteiger partial charge on any atom is 0.211 e. The van der Waals surface area contributed by atoms with Crippen LogP contribution >= 0.6 is 0 Å². The van der Waals surface area contributed by atoms with Crippen LogP contribution in [0.5, 0.6) is 0 Å². The summed E-state index contributed by atoms with van der Waals surface area (Å²) in [4.78, 5) is 3.86. The molecule has 0 spiro atoms. The summed E-state index contributed by atoms with van der Waals surface area (Å²) in [6, 6.07) is 1.91. The van der Waals surface area contributed by atoms with Gasteiger partial charge in [0.2, 0.25) is 5.96 Å². The van der Waals surface area contributed by atoms with Crippen molar-refractivity contribution < 1.29 is 0 Å². The molecule has 72 valence electrons. The molecule has 1 heterocycles. The topological polar surface area (TPSA) is 80.3 Å². The average molecular weight is 182 g/mol. The molecule has 13 heavy (non-hydrogen) atoms. The molecule has 6 nitrogen and oxygen atoms in total. The number of rotatable bonds is 1. The number of hydrogen-bond donors (Lipinski definition) is 3. The normalized spacial score (nSPS) is 11.5. The molecule has 0 saturated carbocycles. The molecular weight excluding hydrogens is 168 g/mol. The first-order valence-electron chi connectivity index (χ1n) is 3.88. The van der Waals surface area contributed by atoms with E-state index in [4.69, 9.17) is 5.84 Å². The quantitative estimate of drug-likeness (QED) is 0.239. The number of aryl methyl sites for hydroxylation is 2. The van der Waals surface area contributed by atoms with Crippen LogP contribution in [0, 0.1) is 6.92 Å². The van der Waals surface area contributed by atoms with Gasteiger partial charge in [-0.25, -0.2) is 5.84 Å². The highest BCUT2D eigenvalue weighted by atomic mass is 15.4. The highest BCUT2D eigenvalue weighted by molar-refractivity contribution is 5.92. The molecule has 1 aromatic rings. The van der Waals surface area contributed by atoms with Gasteiger partial charge in [-0.3, -0.25) is 15.1 Å². The number of nitrogens with zero attached hydrogens (tertiary/aromatic N) is 3. The summed E-state index contributed by atoms with van der Waals surface area (Å²) in [5.74, 6) is 6.40. The Kier molecular flexibility index (Phi) is 2.86. The first kappa shape index (κ1) is 9.53. The maximum atomic E-state index is 5.20. The molecule has 0 saturated heterocycles. The first-order valence-corrected chi connectivity index (χ1v) is 3.88. The van der Waals surface area contributed by atoms with E-state index < -0.39 is 0 Å². The largest absolute Gasteiger partial charge is 0.308 e. The third-order valence-electron chi connectivity index (χ3n) is 1.72. The lowest BCUT2D eigenvalue weighted by atomic mass is 10.5. The first-order chi connectivity index (χ1) is 6.17. The van der Waals surface area contributed by atoms with Gasteiger partial charge in [-0.2, -0.15) is 5.10 Å². The SMILES string of the molecule is CN=C(NN)Nc1cc(C)n(C)n1. The van der Waals surface area contributed by atoms with E-state index in [9.17, 15) is 0 Å². The molecule has 1 aromatic heterocycles. The Morgan fingerprint density at radius 3 is 2.77 bits per heavy atom. The zero-order valence-corrected chi connectivity index (χ0v) is 8.00. The molecule has 0 aromatic carbocycles. The molecule has 0 atom stereocenters. The number of nitrogens with one attached hydrogen (secondary N) is 2. The van der Waals surface area contributed by atoms with Gasteiger partial charge in [0.25, 0.3) is 0 Å². The van der Waals surface area contributed by atoms with Gasteiger partial charge >= 0.3 is 0 Å². The second-order valence-corrected chi connectivity index (χ2v) is 2.64. The van der Waals surface area contributed by atoms with Crippen molar-refractivity contribution in [2.24, 2.45) is 17.9 Å². The Morgan fingerprint density at radius 1 is 1.69 bits per heavy atom. The number of nitrogens with two attached hydrogens (primary N) is 1. The van der Waals surface area contributed by atoms with Crippen molar-refractivity contribution in [1.82, 2.24) is 15.2 Å². The van der Waals surface area contributed by atoms with Crippen LogP contribution in [0.1, 0.15) is 5.69 Å². The molecule has 0 radical (unpaired) electrons. The van der Waals surface area contributed by atoms with E-state index in [1.54, 1.807) is 11.7 Å². The van der Waals surface area contributed by atoms with E-state index in [2.05, 4.69) is 20.8 Å². The molecule has 0 aliphatic heterocycles. The van der Waals surface area contributed by atoms with Crippen LogP contribution in [-0.4, -0.2) is 22.8 Å². The number of anilines is 1. The summed E-state index contributed by atoms with van der Waals surface area (Å²) < 4.78 is 1.77. The van der Waals surface area contributed by atoms with Crippen LogP contribution in [-0.2, 0) is 7.05 Å². The summed E-state index contributed by atoms with van der Waals surface area (Å²) >= 11 is 0. The van der Waals surface area contributed by atoms with E-state index in [1.165, 1.54) is 0 Å². The molecular formula is C7H14N6. The van der Waals surface area contributed by atoms with Gasteiger partial charge < -0.3 is 5.32 Å². The second-order valence-electron chi connectivity index (χ2n) is 2.64. The van der Waals surface area contributed by atoms with Crippen LogP contribution in [0.15, 0.2) is 11.1 Å². The zero-order chi connectivity index (χ0) is 9.84. The van der Waals surface area contributed by atoms with Crippen molar-refractivity contribution in [2.75, 3.05) is 12.4 Å². The summed E-state index contributed by atoms with van der Waals surface area (Å²) in [7, 11) is 3.51. The maximum absolute atomic E-state index is 5.20.